The zero-order chi connectivity index (χ0) is 25.3. The number of alkyl carbamates (subject to hydrolysis) is 1. The number of amides is 1. The molecule has 0 saturated carbocycles. The molecule has 0 heterocycles. The van der Waals surface area contributed by atoms with Crippen LogP contribution in [0, 0.1) is 0 Å². The maximum atomic E-state index is 12.4. The third-order valence-electron chi connectivity index (χ3n) is 4.12. The fourth-order valence-corrected chi connectivity index (χ4v) is 2.81. The van der Waals surface area contributed by atoms with Gasteiger partial charge in [-0.3, -0.25) is 4.79 Å². The van der Waals surface area contributed by atoms with Crippen molar-refractivity contribution in [1.82, 2.24) is 5.32 Å². The van der Waals surface area contributed by atoms with Gasteiger partial charge in [0, 0.05) is 18.9 Å². The van der Waals surface area contributed by atoms with Crippen LogP contribution in [0.25, 0.3) is 0 Å². The summed E-state index contributed by atoms with van der Waals surface area (Å²) in [5, 5.41) is 2.42. The van der Waals surface area contributed by atoms with Gasteiger partial charge in [0.05, 0.1) is 32.5 Å². The Kier molecular flexibility index (Phi) is 9.83. The second kappa shape index (κ2) is 11.8. The quantitative estimate of drug-likeness (QED) is 0.445. The molecule has 182 valence electrons. The highest BCUT2D eigenvalue weighted by atomic mass is 16.6. The first-order chi connectivity index (χ1) is 15.3. The third-order valence-corrected chi connectivity index (χ3v) is 4.12. The molecule has 0 bridgehead atoms. The summed E-state index contributed by atoms with van der Waals surface area (Å²) in [5.74, 6) is -3.08. The Hall–Kier alpha value is -3.63. The maximum absolute atomic E-state index is 12.4. The van der Waals surface area contributed by atoms with Crippen molar-refractivity contribution < 1.29 is 47.7 Å². The van der Waals surface area contributed by atoms with Gasteiger partial charge in [0.15, 0.2) is 0 Å². The molecule has 0 aliphatic rings. The van der Waals surface area contributed by atoms with Gasteiger partial charge in [0.25, 0.3) is 0 Å². The number of carbonyl (C=O) groups excluding carboxylic acids is 5. The van der Waals surface area contributed by atoms with E-state index in [2.05, 4.69) is 5.32 Å². The summed E-state index contributed by atoms with van der Waals surface area (Å²) in [5.41, 5.74) is -0.622. The Morgan fingerprint density at radius 2 is 1.55 bits per heavy atom. The maximum Gasteiger partial charge on any atom is 0.408 e. The molecule has 0 aliphatic heterocycles. The predicted molar refractivity (Wildman–Crippen MR) is 113 cm³/mol. The summed E-state index contributed by atoms with van der Waals surface area (Å²) in [6, 6.07) is 1.59. The van der Waals surface area contributed by atoms with Crippen molar-refractivity contribution in [3.8, 4) is 0 Å². The summed E-state index contributed by atoms with van der Waals surface area (Å²) in [6.45, 7) is 5.82. The van der Waals surface area contributed by atoms with Crippen molar-refractivity contribution in [2.45, 2.75) is 52.4 Å². The lowest BCUT2D eigenvalue weighted by Gasteiger charge is -2.23. The normalized spacial score (nSPS) is 11.6. The van der Waals surface area contributed by atoms with E-state index in [1.54, 1.807) is 20.8 Å². The highest BCUT2D eigenvalue weighted by Crippen LogP contribution is 2.23. The minimum atomic E-state index is -1.18. The SMILES string of the molecule is COC(=O)c1cc(CC(NC(=O)OC(C)(C)C)C(=O)OC)cc(COC(C)=O)c1C(=O)OC. The van der Waals surface area contributed by atoms with Crippen LogP contribution in [0.2, 0.25) is 0 Å². The molecule has 1 N–H and O–H groups in total. The average molecular weight is 467 g/mol. The van der Waals surface area contributed by atoms with Crippen LogP contribution in [0.1, 0.15) is 59.5 Å². The van der Waals surface area contributed by atoms with Gasteiger partial charge in [0.2, 0.25) is 0 Å². The number of rotatable bonds is 8. The van der Waals surface area contributed by atoms with E-state index in [-0.39, 0.29) is 29.7 Å². The predicted octanol–water partition coefficient (Wildman–Crippen LogP) is 1.93. The molecular weight excluding hydrogens is 438 g/mol. The molecule has 1 rings (SSSR count). The van der Waals surface area contributed by atoms with E-state index < -0.39 is 41.6 Å². The summed E-state index contributed by atoms with van der Waals surface area (Å²) in [6.07, 6.45) is -0.984. The number of hydrogen-bond donors (Lipinski definition) is 1. The first-order valence-electron chi connectivity index (χ1n) is 9.86. The fourth-order valence-electron chi connectivity index (χ4n) is 2.81. The van der Waals surface area contributed by atoms with Gasteiger partial charge in [-0.25, -0.2) is 19.2 Å². The number of hydrogen-bond acceptors (Lipinski definition) is 10. The minimum absolute atomic E-state index is 0.134. The van der Waals surface area contributed by atoms with Gasteiger partial charge in [0.1, 0.15) is 18.2 Å². The van der Waals surface area contributed by atoms with Crippen molar-refractivity contribution in [3.05, 3.63) is 34.4 Å². The van der Waals surface area contributed by atoms with Crippen LogP contribution in [0.15, 0.2) is 12.1 Å². The zero-order valence-electron chi connectivity index (χ0n) is 19.7. The van der Waals surface area contributed by atoms with Crippen LogP contribution < -0.4 is 5.32 Å². The zero-order valence-corrected chi connectivity index (χ0v) is 19.7. The molecule has 0 saturated heterocycles. The van der Waals surface area contributed by atoms with Crippen LogP contribution in [-0.4, -0.2) is 62.9 Å². The smallest absolute Gasteiger partial charge is 0.408 e. The molecule has 33 heavy (non-hydrogen) atoms. The number of nitrogens with one attached hydrogen (secondary N) is 1. The molecule has 1 unspecified atom stereocenters. The second-order valence-electron chi connectivity index (χ2n) is 7.87. The van der Waals surface area contributed by atoms with Crippen molar-refractivity contribution >= 4 is 30.0 Å². The van der Waals surface area contributed by atoms with Crippen molar-refractivity contribution in [2.75, 3.05) is 21.3 Å². The van der Waals surface area contributed by atoms with E-state index in [9.17, 15) is 24.0 Å². The first kappa shape index (κ1) is 27.4. The molecule has 1 atom stereocenters. The molecule has 1 aromatic carbocycles. The van der Waals surface area contributed by atoms with E-state index in [4.69, 9.17) is 23.7 Å². The molecule has 0 aliphatic carbocycles. The summed E-state index contributed by atoms with van der Waals surface area (Å²) >= 11 is 0. The molecular formula is C22H29NO10. The standard InChI is InChI=1S/C22H29NO10/c1-12(24)32-11-14-8-13(9-15(18(25)29-5)17(14)20(27)31-7)10-16(19(26)30-6)23-21(28)33-22(2,3)4/h8-9,16H,10-11H2,1-7H3,(H,23,28). The summed E-state index contributed by atoms with van der Waals surface area (Å²) in [4.78, 5) is 60.6. The molecule has 1 amide bonds. The largest absolute Gasteiger partial charge is 0.467 e. The Labute approximate surface area is 191 Å². The Morgan fingerprint density at radius 3 is 2.03 bits per heavy atom. The van der Waals surface area contributed by atoms with Gasteiger partial charge in [-0.1, -0.05) is 6.07 Å². The number of benzene rings is 1. The van der Waals surface area contributed by atoms with Crippen LogP contribution >= 0.6 is 0 Å². The van der Waals surface area contributed by atoms with E-state index >= 15 is 0 Å². The van der Waals surface area contributed by atoms with Gasteiger partial charge in [-0.05, 0) is 32.4 Å². The summed E-state index contributed by atoms with van der Waals surface area (Å²) < 4.78 is 24.5. The molecule has 0 radical (unpaired) electrons. The van der Waals surface area contributed by atoms with Crippen LogP contribution in [-0.2, 0) is 46.3 Å². The van der Waals surface area contributed by atoms with Gasteiger partial charge < -0.3 is 29.0 Å². The molecule has 1 aromatic rings. The van der Waals surface area contributed by atoms with E-state index in [1.165, 1.54) is 19.1 Å². The van der Waals surface area contributed by atoms with E-state index in [1.807, 2.05) is 0 Å². The molecule has 11 heteroatoms. The van der Waals surface area contributed by atoms with E-state index in [0.717, 1.165) is 21.3 Å². The second-order valence-corrected chi connectivity index (χ2v) is 7.87. The highest BCUT2D eigenvalue weighted by Gasteiger charge is 2.28. The topological polar surface area (TPSA) is 144 Å². The average Bonchev–Trinajstić information content (AvgIpc) is 2.73. The van der Waals surface area contributed by atoms with Gasteiger partial charge >= 0.3 is 30.0 Å². The number of carbonyl (C=O) groups is 5. The lowest BCUT2D eigenvalue weighted by molar-refractivity contribution is -0.143. The lowest BCUT2D eigenvalue weighted by Crippen LogP contribution is -2.45. The van der Waals surface area contributed by atoms with Crippen molar-refractivity contribution in [3.63, 3.8) is 0 Å². The van der Waals surface area contributed by atoms with Crippen molar-refractivity contribution in [1.29, 1.82) is 0 Å². The number of esters is 4. The van der Waals surface area contributed by atoms with Crippen LogP contribution in [0.5, 0.6) is 0 Å². The fraction of sp³-hybridized carbons (Fsp3) is 0.500. The van der Waals surface area contributed by atoms with Gasteiger partial charge in [-0.15, -0.1) is 0 Å². The lowest BCUT2D eigenvalue weighted by atomic mass is 9.94. The molecule has 0 aromatic heterocycles. The molecule has 11 nitrogen and oxygen atoms in total. The third kappa shape index (κ3) is 8.43. The van der Waals surface area contributed by atoms with Crippen molar-refractivity contribution in [2.24, 2.45) is 0 Å². The highest BCUT2D eigenvalue weighted by molar-refractivity contribution is 6.04. The Bertz CT molecular complexity index is 916. The molecule has 0 fully saturated rings. The Balaban J connectivity index is 3.48. The Morgan fingerprint density at radius 1 is 0.939 bits per heavy atom. The van der Waals surface area contributed by atoms with Gasteiger partial charge in [-0.2, -0.15) is 0 Å². The van der Waals surface area contributed by atoms with Crippen LogP contribution in [0.3, 0.4) is 0 Å². The number of methoxy groups -OCH3 is 3. The van der Waals surface area contributed by atoms with Crippen LogP contribution in [0.4, 0.5) is 4.79 Å². The summed E-state index contributed by atoms with van der Waals surface area (Å²) in [7, 11) is 3.41. The first-order valence-corrected chi connectivity index (χ1v) is 9.86. The number of ether oxygens (including phenoxy) is 5. The monoisotopic (exact) mass is 467 g/mol. The molecule has 0 spiro atoms. The minimum Gasteiger partial charge on any atom is -0.467 e. The van der Waals surface area contributed by atoms with E-state index in [0.29, 0.717) is 5.56 Å².